The van der Waals surface area contributed by atoms with Crippen LogP contribution in [-0.4, -0.2) is 17.1 Å². The number of halogens is 1. The molecule has 0 aromatic heterocycles. The van der Waals surface area contributed by atoms with E-state index in [0.717, 1.165) is 5.56 Å². The summed E-state index contributed by atoms with van der Waals surface area (Å²) < 4.78 is 17.6. The molecule has 2 unspecified atom stereocenters. The van der Waals surface area contributed by atoms with E-state index in [1.165, 1.54) is 0 Å². The van der Waals surface area contributed by atoms with Gasteiger partial charge in [-0.2, -0.15) is 0 Å². The molecule has 0 fully saturated rings. The monoisotopic (exact) mass is 309 g/mol. The van der Waals surface area contributed by atoms with E-state index in [1.807, 2.05) is 36.4 Å². The lowest BCUT2D eigenvalue weighted by Gasteiger charge is -2.15. The van der Waals surface area contributed by atoms with Crippen molar-refractivity contribution in [2.75, 3.05) is 12.9 Å². The van der Waals surface area contributed by atoms with Crippen molar-refractivity contribution in [3.05, 3.63) is 59.1 Å². The second-order valence-electron chi connectivity index (χ2n) is 4.29. The van der Waals surface area contributed by atoms with Crippen molar-refractivity contribution < 1.29 is 8.95 Å². The van der Waals surface area contributed by atoms with Gasteiger partial charge in [-0.15, -0.1) is 0 Å². The van der Waals surface area contributed by atoms with Gasteiger partial charge in [0, 0.05) is 17.4 Å². The molecule has 0 amide bonds. The Balaban J connectivity index is 2.18. The van der Waals surface area contributed by atoms with E-state index in [1.54, 1.807) is 19.2 Å². The minimum atomic E-state index is -1.25. The van der Waals surface area contributed by atoms with Crippen LogP contribution in [-0.2, 0) is 10.8 Å². The Morgan fingerprint density at radius 1 is 1.20 bits per heavy atom. The molecule has 0 bridgehead atoms. The van der Waals surface area contributed by atoms with Gasteiger partial charge in [-0.25, -0.2) is 0 Å². The molecule has 0 aliphatic rings. The first-order chi connectivity index (χ1) is 9.63. The van der Waals surface area contributed by atoms with Crippen LogP contribution < -0.4 is 10.5 Å². The molecular formula is C15H16ClNO2S. The van der Waals surface area contributed by atoms with Gasteiger partial charge in [0.05, 0.1) is 27.8 Å². The molecule has 3 nitrogen and oxygen atoms in total. The zero-order valence-corrected chi connectivity index (χ0v) is 12.7. The number of para-hydroxylation sites is 1. The maximum absolute atomic E-state index is 12.4. The highest BCUT2D eigenvalue weighted by molar-refractivity contribution is 7.85. The van der Waals surface area contributed by atoms with Crippen LogP contribution in [0.25, 0.3) is 0 Å². The average Bonchev–Trinajstić information content (AvgIpc) is 2.47. The van der Waals surface area contributed by atoms with E-state index in [-0.39, 0.29) is 6.04 Å². The van der Waals surface area contributed by atoms with E-state index < -0.39 is 10.8 Å². The standard InChI is InChI=1S/C15H16ClNO2S/c1-19-14-8-4-2-6-11(14)13(17)10-20(18)15-9-5-3-7-12(15)16/h2-9,13H,10,17H2,1H3. The number of benzene rings is 2. The van der Waals surface area contributed by atoms with Crippen LogP contribution in [0.5, 0.6) is 5.75 Å². The third-order valence-electron chi connectivity index (χ3n) is 2.95. The molecule has 2 aromatic carbocycles. The van der Waals surface area contributed by atoms with Crippen LogP contribution in [0.2, 0.25) is 5.02 Å². The van der Waals surface area contributed by atoms with Crippen molar-refractivity contribution in [2.45, 2.75) is 10.9 Å². The molecule has 0 spiro atoms. The lowest BCUT2D eigenvalue weighted by atomic mass is 10.1. The van der Waals surface area contributed by atoms with Crippen LogP contribution in [0.1, 0.15) is 11.6 Å². The fourth-order valence-corrected chi connectivity index (χ4v) is 3.54. The summed E-state index contributed by atoms with van der Waals surface area (Å²) in [6.45, 7) is 0. The molecule has 106 valence electrons. The van der Waals surface area contributed by atoms with Gasteiger partial charge in [0.1, 0.15) is 5.75 Å². The van der Waals surface area contributed by atoms with Crippen molar-refractivity contribution in [3.63, 3.8) is 0 Å². The van der Waals surface area contributed by atoms with E-state index in [4.69, 9.17) is 22.1 Å². The Morgan fingerprint density at radius 2 is 1.85 bits per heavy atom. The summed E-state index contributed by atoms with van der Waals surface area (Å²) in [5.41, 5.74) is 6.99. The molecular weight excluding hydrogens is 294 g/mol. The number of hydrogen-bond acceptors (Lipinski definition) is 3. The second-order valence-corrected chi connectivity index (χ2v) is 6.16. The Labute approximate surface area is 126 Å². The molecule has 2 aromatic rings. The number of nitrogens with two attached hydrogens (primary N) is 1. The average molecular weight is 310 g/mol. The highest BCUT2D eigenvalue weighted by Crippen LogP contribution is 2.26. The summed E-state index contributed by atoms with van der Waals surface area (Å²) in [7, 11) is 0.346. The summed E-state index contributed by atoms with van der Waals surface area (Å²) in [6, 6.07) is 14.2. The van der Waals surface area contributed by atoms with Crippen LogP contribution in [0.4, 0.5) is 0 Å². The third-order valence-corrected chi connectivity index (χ3v) is 4.90. The van der Waals surface area contributed by atoms with Gasteiger partial charge >= 0.3 is 0 Å². The maximum Gasteiger partial charge on any atom is 0.123 e. The van der Waals surface area contributed by atoms with Gasteiger partial charge in [0.2, 0.25) is 0 Å². The molecule has 2 atom stereocenters. The van der Waals surface area contributed by atoms with Crippen LogP contribution in [0, 0.1) is 0 Å². The first-order valence-corrected chi connectivity index (χ1v) is 7.84. The van der Waals surface area contributed by atoms with Crippen LogP contribution >= 0.6 is 11.6 Å². The highest BCUT2D eigenvalue weighted by atomic mass is 35.5. The van der Waals surface area contributed by atoms with E-state index in [2.05, 4.69) is 0 Å². The molecule has 5 heteroatoms. The molecule has 0 saturated carbocycles. The summed E-state index contributed by atoms with van der Waals surface area (Å²) in [4.78, 5) is 0.611. The number of ether oxygens (including phenoxy) is 1. The molecule has 0 saturated heterocycles. The number of rotatable bonds is 5. The topological polar surface area (TPSA) is 52.3 Å². The molecule has 2 rings (SSSR count). The second kappa shape index (κ2) is 6.88. The van der Waals surface area contributed by atoms with Crippen LogP contribution in [0.15, 0.2) is 53.4 Å². The zero-order valence-electron chi connectivity index (χ0n) is 11.1. The SMILES string of the molecule is COc1ccccc1C(N)CS(=O)c1ccccc1Cl. The van der Waals surface area contributed by atoms with Gasteiger partial charge in [0.15, 0.2) is 0 Å². The van der Waals surface area contributed by atoms with E-state index in [9.17, 15) is 4.21 Å². The van der Waals surface area contributed by atoms with Gasteiger partial charge in [-0.05, 0) is 18.2 Å². The van der Waals surface area contributed by atoms with Crippen molar-refractivity contribution in [1.29, 1.82) is 0 Å². The quantitative estimate of drug-likeness (QED) is 0.923. The lowest BCUT2D eigenvalue weighted by Crippen LogP contribution is -2.19. The molecule has 0 aliphatic heterocycles. The molecule has 20 heavy (non-hydrogen) atoms. The van der Waals surface area contributed by atoms with Crippen molar-refractivity contribution in [2.24, 2.45) is 5.73 Å². The fourth-order valence-electron chi connectivity index (χ4n) is 1.94. The van der Waals surface area contributed by atoms with Crippen molar-refractivity contribution in [3.8, 4) is 5.75 Å². The minimum absolute atomic E-state index is 0.296. The smallest absolute Gasteiger partial charge is 0.123 e. The van der Waals surface area contributed by atoms with Gasteiger partial charge < -0.3 is 10.5 Å². The Hall–Kier alpha value is -1.36. The van der Waals surface area contributed by atoms with Crippen molar-refractivity contribution >= 4 is 22.4 Å². The Morgan fingerprint density at radius 3 is 2.55 bits per heavy atom. The predicted molar refractivity (Wildman–Crippen MR) is 82.6 cm³/mol. The number of methoxy groups -OCH3 is 1. The summed E-state index contributed by atoms with van der Waals surface area (Å²) in [6.07, 6.45) is 0. The van der Waals surface area contributed by atoms with Crippen molar-refractivity contribution in [1.82, 2.24) is 0 Å². The normalized spacial score (nSPS) is 13.8. The maximum atomic E-state index is 12.4. The zero-order chi connectivity index (χ0) is 14.5. The highest BCUT2D eigenvalue weighted by Gasteiger charge is 2.17. The molecule has 2 N–H and O–H groups in total. The molecule has 0 heterocycles. The first kappa shape index (κ1) is 15.0. The summed E-state index contributed by atoms with van der Waals surface area (Å²) in [5.74, 6) is 1.00. The summed E-state index contributed by atoms with van der Waals surface area (Å²) in [5, 5.41) is 0.498. The molecule has 0 radical (unpaired) electrons. The van der Waals surface area contributed by atoms with Crippen LogP contribution in [0.3, 0.4) is 0 Å². The largest absolute Gasteiger partial charge is 0.496 e. The number of hydrogen-bond donors (Lipinski definition) is 1. The van der Waals surface area contributed by atoms with Gasteiger partial charge in [-0.1, -0.05) is 41.9 Å². The van der Waals surface area contributed by atoms with E-state index >= 15 is 0 Å². The van der Waals surface area contributed by atoms with E-state index in [0.29, 0.717) is 21.4 Å². The first-order valence-electron chi connectivity index (χ1n) is 6.15. The molecule has 0 aliphatic carbocycles. The minimum Gasteiger partial charge on any atom is -0.496 e. The Kier molecular flexibility index (Phi) is 5.17. The summed E-state index contributed by atoms with van der Waals surface area (Å²) >= 11 is 6.05. The third kappa shape index (κ3) is 3.39. The lowest BCUT2D eigenvalue weighted by molar-refractivity contribution is 0.407. The Bertz CT molecular complexity index is 618. The van der Waals surface area contributed by atoms with Gasteiger partial charge in [-0.3, -0.25) is 4.21 Å². The van der Waals surface area contributed by atoms with Gasteiger partial charge in [0.25, 0.3) is 0 Å². The fraction of sp³-hybridized carbons (Fsp3) is 0.200. The predicted octanol–water partition coefficient (Wildman–Crippen LogP) is 3.16.